The number of fused-ring (bicyclic) bond motifs is 2. The Morgan fingerprint density at radius 3 is 2.39 bits per heavy atom. The van der Waals surface area contributed by atoms with Crippen LogP contribution >= 0.6 is 0 Å². The van der Waals surface area contributed by atoms with Crippen molar-refractivity contribution in [2.24, 2.45) is 0 Å². The Bertz CT molecular complexity index is 923. The summed E-state index contributed by atoms with van der Waals surface area (Å²) in [5.74, 6) is 1.66. The fourth-order valence-electron chi connectivity index (χ4n) is 2.83. The van der Waals surface area contributed by atoms with Gasteiger partial charge in [0.2, 0.25) is 0 Å². The molecule has 0 spiro atoms. The predicted octanol–water partition coefficient (Wildman–Crippen LogP) is 5.44. The minimum absolute atomic E-state index is 0.653. The molecule has 0 saturated carbocycles. The summed E-state index contributed by atoms with van der Waals surface area (Å²) in [4.78, 5) is 2.17. The molecule has 23 heavy (non-hydrogen) atoms. The zero-order chi connectivity index (χ0) is 15.8. The third-order valence-electron chi connectivity index (χ3n) is 3.94. The highest BCUT2D eigenvalue weighted by Gasteiger charge is 2.25. The molecule has 0 radical (unpaired) electrons. The first-order valence-electron chi connectivity index (χ1n) is 7.44. The standard InChI is InChI=1S/C20H14N2O/c1-14-6-11-20-18(12-14)22(16-9-7-15(13-21)8-10-16)17-4-2-3-5-19(17)23-20/h2-12H,1H3. The molecule has 0 fully saturated rings. The normalized spacial score (nSPS) is 11.9. The summed E-state index contributed by atoms with van der Waals surface area (Å²) in [5.41, 5.74) is 4.83. The molecule has 1 aliphatic rings. The minimum Gasteiger partial charge on any atom is -0.453 e. The summed E-state index contributed by atoms with van der Waals surface area (Å²) >= 11 is 0. The van der Waals surface area contributed by atoms with Crippen molar-refractivity contribution < 1.29 is 4.74 Å². The van der Waals surface area contributed by atoms with E-state index in [0.29, 0.717) is 5.56 Å². The molecule has 3 nitrogen and oxygen atoms in total. The number of aryl methyl sites for hydroxylation is 1. The number of ether oxygens (including phenoxy) is 1. The van der Waals surface area contributed by atoms with Gasteiger partial charge in [0, 0.05) is 5.69 Å². The largest absolute Gasteiger partial charge is 0.453 e. The molecule has 1 heterocycles. The maximum atomic E-state index is 9.01. The van der Waals surface area contributed by atoms with Crippen LogP contribution in [0.15, 0.2) is 66.7 Å². The molecule has 0 N–H and O–H groups in total. The smallest absolute Gasteiger partial charge is 0.151 e. The van der Waals surface area contributed by atoms with Crippen LogP contribution in [0, 0.1) is 18.3 Å². The number of anilines is 3. The summed E-state index contributed by atoms with van der Waals surface area (Å²) in [7, 11) is 0. The van der Waals surface area contributed by atoms with E-state index in [1.54, 1.807) is 0 Å². The average Bonchev–Trinajstić information content (AvgIpc) is 2.60. The quantitative estimate of drug-likeness (QED) is 0.469. The molecule has 3 aromatic rings. The van der Waals surface area contributed by atoms with Crippen LogP contribution in [0.4, 0.5) is 17.1 Å². The van der Waals surface area contributed by atoms with E-state index < -0.39 is 0 Å². The first-order valence-corrected chi connectivity index (χ1v) is 7.44. The van der Waals surface area contributed by atoms with Crippen LogP contribution in [0.25, 0.3) is 0 Å². The number of nitrogens with zero attached hydrogens (tertiary/aromatic N) is 2. The highest BCUT2D eigenvalue weighted by molar-refractivity contribution is 5.86. The van der Waals surface area contributed by atoms with E-state index in [2.05, 4.69) is 24.0 Å². The van der Waals surface area contributed by atoms with Gasteiger partial charge in [-0.2, -0.15) is 5.26 Å². The van der Waals surface area contributed by atoms with Gasteiger partial charge in [-0.25, -0.2) is 0 Å². The number of para-hydroxylation sites is 2. The zero-order valence-corrected chi connectivity index (χ0v) is 12.7. The number of rotatable bonds is 1. The Morgan fingerprint density at radius 2 is 1.61 bits per heavy atom. The van der Waals surface area contributed by atoms with Crippen molar-refractivity contribution in [2.75, 3.05) is 4.90 Å². The number of nitriles is 1. The average molecular weight is 298 g/mol. The van der Waals surface area contributed by atoms with Crippen molar-refractivity contribution in [1.29, 1.82) is 5.26 Å². The van der Waals surface area contributed by atoms with Gasteiger partial charge >= 0.3 is 0 Å². The molecular weight excluding hydrogens is 284 g/mol. The molecule has 1 aliphatic heterocycles. The van der Waals surface area contributed by atoms with Gasteiger partial charge in [0.15, 0.2) is 11.5 Å². The maximum Gasteiger partial charge on any atom is 0.151 e. The molecule has 0 atom stereocenters. The molecular formula is C20H14N2O. The maximum absolute atomic E-state index is 9.01. The molecule has 3 heteroatoms. The van der Waals surface area contributed by atoms with Crippen LogP contribution in [0.3, 0.4) is 0 Å². The lowest BCUT2D eigenvalue weighted by atomic mass is 10.1. The van der Waals surface area contributed by atoms with E-state index in [4.69, 9.17) is 10.00 Å². The molecule has 0 bridgehead atoms. The third kappa shape index (κ3) is 2.21. The first kappa shape index (κ1) is 13.4. The van der Waals surface area contributed by atoms with E-state index in [1.165, 1.54) is 5.56 Å². The highest BCUT2D eigenvalue weighted by atomic mass is 16.5. The summed E-state index contributed by atoms with van der Waals surface area (Å²) in [5, 5.41) is 9.01. The van der Waals surface area contributed by atoms with Crippen molar-refractivity contribution in [3.8, 4) is 17.6 Å². The van der Waals surface area contributed by atoms with Gasteiger partial charge in [-0.15, -0.1) is 0 Å². The molecule has 0 amide bonds. The Kier molecular flexibility index (Phi) is 3.03. The van der Waals surface area contributed by atoms with Gasteiger partial charge in [-0.3, -0.25) is 0 Å². The van der Waals surface area contributed by atoms with Crippen LogP contribution in [0.5, 0.6) is 11.5 Å². The fraction of sp³-hybridized carbons (Fsp3) is 0.0500. The van der Waals surface area contributed by atoms with Crippen molar-refractivity contribution >= 4 is 17.1 Å². The molecule has 110 valence electrons. The summed E-state index contributed by atoms with van der Waals surface area (Å²) in [6, 6.07) is 23.9. The van der Waals surface area contributed by atoms with Crippen molar-refractivity contribution in [1.82, 2.24) is 0 Å². The van der Waals surface area contributed by atoms with Gasteiger partial charge in [0.25, 0.3) is 0 Å². The predicted molar refractivity (Wildman–Crippen MR) is 90.7 cm³/mol. The Hall–Kier alpha value is -3.25. The summed E-state index contributed by atoms with van der Waals surface area (Å²) in [6.45, 7) is 2.07. The summed E-state index contributed by atoms with van der Waals surface area (Å²) in [6.07, 6.45) is 0. The molecule has 0 saturated heterocycles. The van der Waals surface area contributed by atoms with Gasteiger partial charge < -0.3 is 9.64 Å². The SMILES string of the molecule is Cc1ccc2c(c1)N(c1ccc(C#N)cc1)c1ccccc1O2. The Labute approximate surface area is 135 Å². The summed E-state index contributed by atoms with van der Waals surface area (Å²) < 4.78 is 6.04. The van der Waals surface area contributed by atoms with Gasteiger partial charge in [-0.1, -0.05) is 18.2 Å². The van der Waals surface area contributed by atoms with E-state index in [0.717, 1.165) is 28.6 Å². The Morgan fingerprint density at radius 1 is 0.870 bits per heavy atom. The van der Waals surface area contributed by atoms with E-state index in [-0.39, 0.29) is 0 Å². The number of hydrogen-bond donors (Lipinski definition) is 0. The van der Waals surface area contributed by atoms with Crippen LogP contribution < -0.4 is 9.64 Å². The van der Waals surface area contributed by atoms with Crippen molar-refractivity contribution in [3.63, 3.8) is 0 Å². The van der Waals surface area contributed by atoms with Gasteiger partial charge in [-0.05, 0) is 61.0 Å². The topological polar surface area (TPSA) is 36.3 Å². The molecule has 3 aromatic carbocycles. The second-order valence-corrected chi connectivity index (χ2v) is 5.54. The second kappa shape index (κ2) is 5.19. The van der Waals surface area contributed by atoms with E-state index in [1.807, 2.05) is 60.7 Å². The molecule has 0 unspecified atom stereocenters. The zero-order valence-electron chi connectivity index (χ0n) is 12.7. The monoisotopic (exact) mass is 298 g/mol. The Balaban J connectivity index is 1.94. The van der Waals surface area contributed by atoms with Crippen LogP contribution in [0.1, 0.15) is 11.1 Å². The molecule has 0 aromatic heterocycles. The van der Waals surface area contributed by atoms with Crippen LogP contribution in [-0.4, -0.2) is 0 Å². The van der Waals surface area contributed by atoms with Gasteiger partial charge in [0.1, 0.15) is 0 Å². The van der Waals surface area contributed by atoms with E-state index >= 15 is 0 Å². The highest BCUT2D eigenvalue weighted by Crippen LogP contribution is 2.50. The fourth-order valence-corrected chi connectivity index (χ4v) is 2.83. The van der Waals surface area contributed by atoms with Crippen molar-refractivity contribution in [2.45, 2.75) is 6.92 Å². The minimum atomic E-state index is 0.653. The van der Waals surface area contributed by atoms with Gasteiger partial charge in [0.05, 0.1) is 23.0 Å². The number of benzene rings is 3. The lowest BCUT2D eigenvalue weighted by Crippen LogP contribution is -2.15. The van der Waals surface area contributed by atoms with Crippen molar-refractivity contribution in [3.05, 3.63) is 77.9 Å². The van der Waals surface area contributed by atoms with Crippen LogP contribution in [-0.2, 0) is 0 Å². The first-order chi connectivity index (χ1) is 11.3. The molecule has 0 aliphatic carbocycles. The molecule has 4 rings (SSSR count). The third-order valence-corrected chi connectivity index (χ3v) is 3.94. The van der Waals surface area contributed by atoms with Crippen LogP contribution in [0.2, 0.25) is 0 Å². The second-order valence-electron chi connectivity index (χ2n) is 5.54. The van der Waals surface area contributed by atoms with E-state index in [9.17, 15) is 0 Å². The lowest BCUT2D eigenvalue weighted by molar-refractivity contribution is 0.477. The lowest BCUT2D eigenvalue weighted by Gasteiger charge is -2.33. The number of hydrogen-bond acceptors (Lipinski definition) is 3.